The zero-order chi connectivity index (χ0) is 58.8. The summed E-state index contributed by atoms with van der Waals surface area (Å²) in [5.41, 5.74) is 15.8. The van der Waals surface area contributed by atoms with E-state index in [1.54, 1.807) is 0 Å². The topological polar surface area (TPSA) is 36.9 Å². The van der Waals surface area contributed by atoms with Gasteiger partial charge in [-0.25, -0.2) is 0 Å². The van der Waals surface area contributed by atoms with Crippen molar-refractivity contribution >= 4 is 106 Å². The number of fused-ring (bicyclic) bond motifs is 9. The number of benzene rings is 11. The molecule has 0 atom stereocenters. The maximum Gasteiger partial charge on any atom is 0.141 e. The first-order valence-corrected chi connectivity index (χ1v) is 32.8. The van der Waals surface area contributed by atoms with E-state index in [1.807, 2.05) is 103 Å². The lowest BCUT2D eigenvalue weighted by molar-refractivity contribution is 0.462. The lowest BCUT2D eigenvalue weighted by Crippen LogP contribution is -2.16. The van der Waals surface area contributed by atoms with Crippen LogP contribution >= 0.6 is 106 Å². The van der Waals surface area contributed by atoms with Gasteiger partial charge in [0.25, 0.3) is 0 Å². The predicted molar refractivity (Wildman–Crippen MR) is 383 cm³/mol. The molecule has 0 N–H and O–H groups in total. The first-order valence-electron chi connectivity index (χ1n) is 27.7. The van der Waals surface area contributed by atoms with Crippen molar-refractivity contribution in [3.8, 4) is 79.4 Å². The Balaban J connectivity index is 0.000000118. The minimum absolute atomic E-state index is 0.00907. The summed E-state index contributed by atoms with van der Waals surface area (Å²) in [6, 6.07) is 85.3. The van der Waals surface area contributed by atoms with Crippen molar-refractivity contribution in [2.45, 2.75) is 57.8 Å². The molecule has 11 aromatic rings. The summed E-state index contributed by atoms with van der Waals surface area (Å²) in [5.74, 6) is 7.21. The van der Waals surface area contributed by atoms with Gasteiger partial charge in [-0.05, 0) is 247 Å². The smallest absolute Gasteiger partial charge is 0.141 e. The zero-order valence-electron chi connectivity index (χ0n) is 47.2. The number of hydrogen-bond donors (Lipinski definition) is 0. The van der Waals surface area contributed by atoms with Crippen molar-refractivity contribution in [2.24, 2.45) is 0 Å². The Hall–Kier alpha value is -5.98. The van der Waals surface area contributed by atoms with E-state index in [4.69, 9.17) is 18.9 Å². The molecule has 0 amide bonds. The molecule has 0 spiro atoms. The van der Waals surface area contributed by atoms with Gasteiger partial charge < -0.3 is 18.9 Å². The second kappa shape index (κ2) is 25.5. The summed E-state index contributed by atoms with van der Waals surface area (Å²) in [6.07, 6.45) is 0. The Morgan fingerprint density at radius 2 is 0.619 bits per heavy atom. The van der Waals surface area contributed by atoms with Gasteiger partial charge in [-0.1, -0.05) is 205 Å². The minimum Gasteiger partial charge on any atom is -0.456 e. The van der Waals surface area contributed by atoms with Crippen molar-refractivity contribution in [1.82, 2.24) is 0 Å². The molecular formula is C75H59BrI4O4. The summed E-state index contributed by atoms with van der Waals surface area (Å²) in [4.78, 5) is 0. The zero-order valence-corrected chi connectivity index (χ0v) is 57.4. The highest BCUT2D eigenvalue weighted by Gasteiger charge is 2.39. The Bertz CT molecular complexity index is 4170. The maximum atomic E-state index is 6.31. The normalized spacial score (nSPS) is 13.5. The quantitative estimate of drug-likeness (QED) is 0.142. The van der Waals surface area contributed by atoms with Gasteiger partial charge in [0.2, 0.25) is 0 Å². The van der Waals surface area contributed by atoms with Gasteiger partial charge in [0, 0.05) is 27.4 Å². The van der Waals surface area contributed by atoms with Crippen LogP contribution in [0.1, 0.15) is 74.9 Å². The van der Waals surface area contributed by atoms with Crippen LogP contribution in [0.2, 0.25) is 0 Å². The SMILES string of the molecule is Brc1ccccc1Oc1ccccc1I.CC1(C)c2ccccc2-c2c(Oc3ccccc3I)cccc21.CC1(C)c2ccccc2-c2cc(Oc3ccccc3I)ccc21.CC1(C)c2ccccc2-c2cccc(Oc3ccccc3I)c21. The molecule has 4 nitrogen and oxygen atoms in total. The fourth-order valence-corrected chi connectivity index (χ4v) is 13.9. The van der Waals surface area contributed by atoms with Crippen LogP contribution in [0.25, 0.3) is 33.4 Å². The molecular weight excluding hydrogens is 1550 g/mol. The molecule has 0 saturated carbocycles. The molecule has 0 fully saturated rings. The molecule has 84 heavy (non-hydrogen) atoms. The van der Waals surface area contributed by atoms with E-state index >= 15 is 0 Å². The average Bonchev–Trinajstić information content (AvgIpc) is 1.97. The molecule has 0 heterocycles. The number of para-hydroxylation sites is 5. The van der Waals surface area contributed by atoms with Gasteiger partial charge in [-0.15, -0.1) is 0 Å². The standard InChI is InChI=1S/3C21H17IO.C12H8BrIO/c1-21(2)16-10-4-3-8-14(16)15-9-7-13-19(20(15)21)23-18-12-6-5-11-17(18)22;1-21(2)15-9-4-3-8-14(15)20-16(21)10-7-13-19(20)23-18-12-6-5-11-17(18)22;1-21(2)17-8-4-3-7-15(17)16-13-14(11-12-18(16)21)23-20-10-6-5-9-19(20)22;13-9-5-1-3-7-11(9)15-12-8-4-2-6-10(12)14/h3*3-13H,1-2H3;1-8H. The molecule has 11 aromatic carbocycles. The molecule has 3 aliphatic carbocycles. The van der Waals surface area contributed by atoms with Crippen LogP contribution in [0.15, 0.2) is 253 Å². The number of halogens is 5. The van der Waals surface area contributed by atoms with Crippen LogP contribution in [0.5, 0.6) is 46.0 Å². The first kappa shape index (κ1) is 59.7. The van der Waals surface area contributed by atoms with Gasteiger partial charge in [0.05, 0.1) is 18.8 Å². The van der Waals surface area contributed by atoms with E-state index in [2.05, 4.69) is 293 Å². The van der Waals surface area contributed by atoms with Crippen LogP contribution in [0.3, 0.4) is 0 Å². The molecule has 0 bridgehead atoms. The van der Waals surface area contributed by atoms with Gasteiger partial charge >= 0.3 is 0 Å². The highest BCUT2D eigenvalue weighted by Crippen LogP contribution is 2.55. The molecule has 0 aliphatic heterocycles. The third-order valence-corrected chi connectivity index (χ3v) is 20.0. The van der Waals surface area contributed by atoms with Crippen molar-refractivity contribution in [3.05, 3.63) is 301 Å². The van der Waals surface area contributed by atoms with Gasteiger partial charge in [0.15, 0.2) is 0 Å². The van der Waals surface area contributed by atoms with E-state index in [1.165, 1.54) is 66.8 Å². The van der Waals surface area contributed by atoms with Crippen LogP contribution in [0.4, 0.5) is 0 Å². The summed E-state index contributed by atoms with van der Waals surface area (Å²) in [6.45, 7) is 13.7. The lowest BCUT2D eigenvalue weighted by atomic mass is 9.82. The van der Waals surface area contributed by atoms with Crippen LogP contribution in [0, 0.1) is 14.3 Å². The van der Waals surface area contributed by atoms with Crippen molar-refractivity contribution in [3.63, 3.8) is 0 Å². The van der Waals surface area contributed by atoms with Gasteiger partial charge in [0.1, 0.15) is 46.0 Å². The average molecular weight is 1610 g/mol. The summed E-state index contributed by atoms with van der Waals surface area (Å²) < 4.78 is 29.9. The third-order valence-electron chi connectivity index (χ3n) is 15.7. The number of ether oxygens (including phenoxy) is 4. The minimum atomic E-state index is -0.0528. The van der Waals surface area contributed by atoms with E-state index in [0.29, 0.717) is 0 Å². The molecule has 0 radical (unpaired) electrons. The Labute approximate surface area is 557 Å². The molecule has 418 valence electrons. The molecule has 9 heteroatoms. The largest absolute Gasteiger partial charge is 0.456 e. The molecule has 3 aliphatic rings. The summed E-state index contributed by atoms with van der Waals surface area (Å²) >= 11 is 12.7. The lowest BCUT2D eigenvalue weighted by Gasteiger charge is -2.24. The second-order valence-electron chi connectivity index (χ2n) is 22.1. The first-order chi connectivity index (χ1) is 40.5. The van der Waals surface area contributed by atoms with Gasteiger partial charge in [-0.2, -0.15) is 0 Å². The monoisotopic (exact) mass is 1610 g/mol. The molecule has 14 rings (SSSR count). The molecule has 0 aromatic heterocycles. The van der Waals surface area contributed by atoms with Crippen LogP contribution in [-0.2, 0) is 16.2 Å². The van der Waals surface area contributed by atoms with Crippen LogP contribution < -0.4 is 18.9 Å². The highest BCUT2D eigenvalue weighted by atomic mass is 127. The van der Waals surface area contributed by atoms with E-state index in [0.717, 1.165) is 64.7 Å². The number of hydrogen-bond acceptors (Lipinski definition) is 4. The summed E-state index contributed by atoms with van der Waals surface area (Å²) in [7, 11) is 0. The molecule has 0 unspecified atom stereocenters. The van der Waals surface area contributed by atoms with Crippen molar-refractivity contribution in [1.29, 1.82) is 0 Å². The Morgan fingerprint density at radius 1 is 0.274 bits per heavy atom. The van der Waals surface area contributed by atoms with E-state index in [-0.39, 0.29) is 16.2 Å². The fraction of sp³-hybridized carbons (Fsp3) is 0.120. The highest BCUT2D eigenvalue weighted by molar-refractivity contribution is 14.1. The summed E-state index contributed by atoms with van der Waals surface area (Å²) in [5, 5.41) is 0. The predicted octanol–water partition coefficient (Wildman–Crippen LogP) is 24.0. The fourth-order valence-electron chi connectivity index (χ4n) is 11.6. The van der Waals surface area contributed by atoms with Crippen LogP contribution in [-0.4, -0.2) is 0 Å². The number of rotatable bonds is 8. The van der Waals surface area contributed by atoms with Crippen molar-refractivity contribution < 1.29 is 18.9 Å². The Morgan fingerprint density at radius 3 is 1.17 bits per heavy atom. The molecule has 0 saturated heterocycles. The second-order valence-corrected chi connectivity index (χ2v) is 27.6. The van der Waals surface area contributed by atoms with E-state index < -0.39 is 0 Å². The third kappa shape index (κ3) is 12.2. The maximum absolute atomic E-state index is 6.31. The Kier molecular flexibility index (Phi) is 18.2. The van der Waals surface area contributed by atoms with E-state index in [9.17, 15) is 0 Å². The van der Waals surface area contributed by atoms with Gasteiger partial charge in [-0.3, -0.25) is 0 Å². The van der Waals surface area contributed by atoms with Crippen molar-refractivity contribution in [2.75, 3.05) is 0 Å².